The average molecular weight is 220 g/mol. The first-order valence-corrected chi connectivity index (χ1v) is 4.90. The standard InChI is InChI=1S/C12H12O4/c1-12(7-13)5-4-8-6-9(11(14)15)2-3-10(8)16-12/h2-6,13H,7H2,1H3,(H,14,15)/t12-/m0/s1. The lowest BCUT2D eigenvalue weighted by Gasteiger charge is -2.29. The Hall–Kier alpha value is -1.81. The van der Waals surface area contributed by atoms with Crippen LogP contribution in [0.15, 0.2) is 24.3 Å². The first kappa shape index (κ1) is 10.7. The molecule has 1 aliphatic rings. The Labute approximate surface area is 92.8 Å². The first-order valence-electron chi connectivity index (χ1n) is 4.90. The van der Waals surface area contributed by atoms with E-state index in [1.54, 1.807) is 31.2 Å². The Balaban J connectivity index is 2.40. The van der Waals surface area contributed by atoms with Crippen molar-refractivity contribution in [2.45, 2.75) is 12.5 Å². The van der Waals surface area contributed by atoms with Crippen LogP contribution in [-0.4, -0.2) is 28.4 Å². The van der Waals surface area contributed by atoms with E-state index < -0.39 is 11.6 Å². The van der Waals surface area contributed by atoms with E-state index in [2.05, 4.69) is 0 Å². The monoisotopic (exact) mass is 220 g/mol. The molecule has 2 rings (SSSR count). The van der Waals surface area contributed by atoms with Gasteiger partial charge in [-0.1, -0.05) is 6.08 Å². The summed E-state index contributed by atoms with van der Waals surface area (Å²) in [5.74, 6) is -0.379. The van der Waals surface area contributed by atoms with Crippen LogP contribution in [-0.2, 0) is 0 Å². The van der Waals surface area contributed by atoms with Gasteiger partial charge in [-0.05, 0) is 31.2 Å². The fourth-order valence-electron chi connectivity index (χ4n) is 1.54. The molecule has 0 aromatic heterocycles. The Kier molecular flexibility index (Phi) is 2.44. The number of rotatable bonds is 2. The Morgan fingerprint density at radius 3 is 2.88 bits per heavy atom. The van der Waals surface area contributed by atoms with Crippen LogP contribution in [0, 0.1) is 0 Å². The Morgan fingerprint density at radius 2 is 2.25 bits per heavy atom. The van der Waals surface area contributed by atoms with Crippen molar-refractivity contribution in [3.63, 3.8) is 0 Å². The molecule has 0 bridgehead atoms. The number of ether oxygens (including phenoxy) is 1. The van der Waals surface area contributed by atoms with Gasteiger partial charge in [-0.3, -0.25) is 0 Å². The van der Waals surface area contributed by atoms with Gasteiger partial charge in [0.1, 0.15) is 11.4 Å². The Bertz CT molecular complexity index is 464. The molecule has 84 valence electrons. The summed E-state index contributed by atoms with van der Waals surface area (Å²) < 4.78 is 5.57. The number of carbonyl (C=O) groups is 1. The SMILES string of the molecule is C[C@@]1(CO)C=Cc2cc(C(=O)O)ccc2O1. The predicted octanol–water partition coefficient (Wildman–Crippen LogP) is 1.54. The zero-order valence-corrected chi connectivity index (χ0v) is 8.80. The van der Waals surface area contributed by atoms with E-state index in [1.807, 2.05) is 0 Å². The minimum atomic E-state index is -0.966. The van der Waals surface area contributed by atoms with Gasteiger partial charge < -0.3 is 14.9 Å². The summed E-state index contributed by atoms with van der Waals surface area (Å²) in [6, 6.07) is 4.64. The Morgan fingerprint density at radius 1 is 1.50 bits per heavy atom. The summed E-state index contributed by atoms with van der Waals surface area (Å²) in [5, 5.41) is 18.0. The van der Waals surface area contributed by atoms with E-state index in [4.69, 9.17) is 14.9 Å². The van der Waals surface area contributed by atoms with Crippen molar-refractivity contribution in [2.75, 3.05) is 6.61 Å². The maximum Gasteiger partial charge on any atom is 0.335 e. The third kappa shape index (κ3) is 1.79. The van der Waals surface area contributed by atoms with Gasteiger partial charge in [0.15, 0.2) is 0 Å². The fraction of sp³-hybridized carbons (Fsp3) is 0.250. The molecule has 0 spiro atoms. The second kappa shape index (κ2) is 3.64. The van der Waals surface area contributed by atoms with Gasteiger partial charge in [0.05, 0.1) is 12.2 Å². The lowest BCUT2D eigenvalue weighted by molar-refractivity contribution is 0.0638. The van der Waals surface area contributed by atoms with Crippen molar-refractivity contribution in [2.24, 2.45) is 0 Å². The number of benzene rings is 1. The molecule has 1 aliphatic heterocycles. The number of aliphatic hydroxyl groups excluding tert-OH is 1. The van der Waals surface area contributed by atoms with Crippen LogP contribution in [0.5, 0.6) is 5.75 Å². The number of hydrogen-bond acceptors (Lipinski definition) is 3. The maximum atomic E-state index is 10.8. The van der Waals surface area contributed by atoms with E-state index in [9.17, 15) is 4.79 Å². The molecular weight excluding hydrogens is 208 g/mol. The third-order valence-corrected chi connectivity index (χ3v) is 2.53. The van der Waals surface area contributed by atoms with Crippen molar-refractivity contribution in [3.05, 3.63) is 35.4 Å². The highest BCUT2D eigenvalue weighted by Gasteiger charge is 2.26. The second-order valence-corrected chi connectivity index (χ2v) is 3.96. The predicted molar refractivity (Wildman–Crippen MR) is 58.6 cm³/mol. The summed E-state index contributed by atoms with van der Waals surface area (Å²) in [4.78, 5) is 10.8. The minimum absolute atomic E-state index is 0.121. The van der Waals surface area contributed by atoms with E-state index >= 15 is 0 Å². The molecule has 1 atom stereocenters. The zero-order chi connectivity index (χ0) is 11.8. The van der Waals surface area contributed by atoms with Gasteiger partial charge in [-0.15, -0.1) is 0 Å². The number of hydrogen-bond donors (Lipinski definition) is 2. The molecule has 0 amide bonds. The molecule has 1 aromatic rings. The van der Waals surface area contributed by atoms with Crippen molar-refractivity contribution in [1.29, 1.82) is 0 Å². The molecule has 0 unspecified atom stereocenters. The molecule has 4 nitrogen and oxygen atoms in total. The van der Waals surface area contributed by atoms with Gasteiger partial charge in [0.25, 0.3) is 0 Å². The van der Waals surface area contributed by atoms with Crippen LogP contribution in [0.1, 0.15) is 22.8 Å². The summed E-state index contributed by atoms with van der Waals surface area (Å²) >= 11 is 0. The molecule has 1 aromatic carbocycles. The van der Waals surface area contributed by atoms with Crippen LogP contribution >= 0.6 is 0 Å². The fourth-order valence-corrected chi connectivity index (χ4v) is 1.54. The number of aromatic carboxylic acids is 1. The highest BCUT2D eigenvalue weighted by Crippen LogP contribution is 2.31. The second-order valence-electron chi connectivity index (χ2n) is 3.96. The summed E-state index contributed by atoms with van der Waals surface area (Å²) in [6.45, 7) is 1.64. The van der Waals surface area contributed by atoms with Gasteiger partial charge in [-0.2, -0.15) is 0 Å². The van der Waals surface area contributed by atoms with Crippen molar-refractivity contribution in [1.82, 2.24) is 0 Å². The summed E-state index contributed by atoms with van der Waals surface area (Å²) in [5.41, 5.74) is 0.211. The van der Waals surface area contributed by atoms with Gasteiger partial charge >= 0.3 is 5.97 Å². The van der Waals surface area contributed by atoms with E-state index in [-0.39, 0.29) is 12.2 Å². The first-order chi connectivity index (χ1) is 7.54. The quantitative estimate of drug-likeness (QED) is 0.793. The zero-order valence-electron chi connectivity index (χ0n) is 8.80. The number of carboxylic acid groups (broad SMARTS) is 1. The average Bonchev–Trinajstić information content (AvgIpc) is 2.28. The lowest BCUT2D eigenvalue weighted by Crippen LogP contribution is -2.35. The summed E-state index contributed by atoms with van der Waals surface area (Å²) in [7, 11) is 0. The van der Waals surface area contributed by atoms with Crippen molar-refractivity contribution < 1.29 is 19.7 Å². The van der Waals surface area contributed by atoms with Crippen molar-refractivity contribution in [3.8, 4) is 5.75 Å². The molecular formula is C12H12O4. The topological polar surface area (TPSA) is 66.8 Å². The highest BCUT2D eigenvalue weighted by atomic mass is 16.5. The van der Waals surface area contributed by atoms with Gasteiger partial charge in [0.2, 0.25) is 0 Å². The maximum absolute atomic E-state index is 10.8. The lowest BCUT2D eigenvalue weighted by atomic mass is 10.00. The minimum Gasteiger partial charge on any atom is -0.480 e. The molecule has 1 heterocycles. The molecule has 4 heteroatoms. The van der Waals surface area contributed by atoms with Crippen molar-refractivity contribution >= 4 is 12.0 Å². The van der Waals surface area contributed by atoms with Crippen LogP contribution in [0.25, 0.3) is 6.08 Å². The molecule has 16 heavy (non-hydrogen) atoms. The molecule has 0 radical (unpaired) electrons. The largest absolute Gasteiger partial charge is 0.480 e. The van der Waals surface area contributed by atoms with Crippen LogP contribution in [0.2, 0.25) is 0 Å². The van der Waals surface area contributed by atoms with Crippen LogP contribution in [0.4, 0.5) is 0 Å². The number of carboxylic acids is 1. The number of aliphatic hydroxyl groups is 1. The number of fused-ring (bicyclic) bond motifs is 1. The molecule has 2 N–H and O–H groups in total. The normalized spacial score (nSPS) is 22.4. The molecule has 0 aliphatic carbocycles. The molecule has 0 saturated heterocycles. The molecule has 0 fully saturated rings. The van der Waals surface area contributed by atoms with E-state index in [0.717, 1.165) is 0 Å². The van der Waals surface area contributed by atoms with E-state index in [0.29, 0.717) is 11.3 Å². The van der Waals surface area contributed by atoms with Crippen LogP contribution in [0.3, 0.4) is 0 Å². The highest BCUT2D eigenvalue weighted by molar-refractivity contribution is 5.89. The summed E-state index contributed by atoms with van der Waals surface area (Å²) in [6.07, 6.45) is 3.49. The molecule has 0 saturated carbocycles. The van der Waals surface area contributed by atoms with Crippen LogP contribution < -0.4 is 4.74 Å². The van der Waals surface area contributed by atoms with Gasteiger partial charge in [0, 0.05) is 5.56 Å². The third-order valence-electron chi connectivity index (χ3n) is 2.53. The van der Waals surface area contributed by atoms with Gasteiger partial charge in [-0.25, -0.2) is 4.79 Å². The smallest absolute Gasteiger partial charge is 0.335 e. The van der Waals surface area contributed by atoms with E-state index in [1.165, 1.54) is 6.07 Å².